The van der Waals surface area contributed by atoms with Crippen LogP contribution in [0.25, 0.3) is 22.3 Å². The number of hydrogen-bond donors (Lipinski definition) is 1. The Kier molecular flexibility index (Phi) is 4.85. The van der Waals surface area contributed by atoms with E-state index in [1.54, 1.807) is 12.4 Å². The minimum atomic E-state index is 0.482. The van der Waals surface area contributed by atoms with E-state index in [0.29, 0.717) is 30.5 Å². The third-order valence-electron chi connectivity index (χ3n) is 5.45. The third kappa shape index (κ3) is 3.67. The summed E-state index contributed by atoms with van der Waals surface area (Å²) in [5, 5.41) is 3.42. The Balaban J connectivity index is 1.49. The number of ether oxygens (including phenoxy) is 2. The number of nitrogens with one attached hydrogen (secondary N) is 1. The van der Waals surface area contributed by atoms with Gasteiger partial charge >= 0.3 is 0 Å². The van der Waals surface area contributed by atoms with Gasteiger partial charge in [0, 0.05) is 43.7 Å². The van der Waals surface area contributed by atoms with Crippen molar-refractivity contribution in [1.29, 1.82) is 0 Å². The van der Waals surface area contributed by atoms with Crippen molar-refractivity contribution in [1.82, 2.24) is 25.3 Å². The molecule has 5 heterocycles. The van der Waals surface area contributed by atoms with Gasteiger partial charge in [0.2, 0.25) is 5.88 Å². The normalized spacial score (nSPS) is 18.9. The summed E-state index contributed by atoms with van der Waals surface area (Å²) >= 11 is 0. The second-order valence-corrected chi connectivity index (χ2v) is 7.58. The second-order valence-electron chi connectivity index (χ2n) is 7.58. The first kappa shape index (κ1) is 18.1. The number of nitrogens with zero attached hydrogens (tertiary/aromatic N) is 5. The first-order valence-corrected chi connectivity index (χ1v) is 10.1. The first-order valence-electron chi connectivity index (χ1n) is 10.1. The van der Waals surface area contributed by atoms with Crippen molar-refractivity contribution in [3.8, 4) is 22.9 Å². The van der Waals surface area contributed by atoms with Gasteiger partial charge in [0.25, 0.3) is 0 Å². The highest BCUT2D eigenvalue weighted by molar-refractivity contribution is 5.83. The van der Waals surface area contributed by atoms with Crippen LogP contribution in [-0.4, -0.2) is 59.8 Å². The molecule has 0 aromatic carbocycles. The van der Waals surface area contributed by atoms with Gasteiger partial charge in [-0.2, -0.15) is 0 Å². The number of aromatic nitrogens is 4. The summed E-state index contributed by atoms with van der Waals surface area (Å²) in [7, 11) is 2.02. The quantitative estimate of drug-likeness (QED) is 0.724. The summed E-state index contributed by atoms with van der Waals surface area (Å²) in [5.41, 5.74) is 3.06. The van der Waals surface area contributed by atoms with Gasteiger partial charge in [-0.15, -0.1) is 0 Å². The lowest BCUT2D eigenvalue weighted by molar-refractivity contribution is 0.214. The Morgan fingerprint density at radius 3 is 3.07 bits per heavy atom. The number of hydrogen-bond acceptors (Lipinski definition) is 8. The summed E-state index contributed by atoms with van der Waals surface area (Å²) in [6.45, 7) is 4.15. The molecule has 0 unspecified atom stereocenters. The smallest absolute Gasteiger partial charge is 0.242 e. The van der Waals surface area contributed by atoms with E-state index in [1.165, 1.54) is 6.42 Å². The van der Waals surface area contributed by atoms with Crippen LogP contribution in [0.5, 0.6) is 11.6 Å². The van der Waals surface area contributed by atoms with Crippen molar-refractivity contribution < 1.29 is 9.47 Å². The molecule has 0 spiro atoms. The van der Waals surface area contributed by atoms with E-state index in [2.05, 4.69) is 25.2 Å². The first-order chi connectivity index (χ1) is 14.3. The zero-order valence-corrected chi connectivity index (χ0v) is 16.5. The van der Waals surface area contributed by atoms with Crippen LogP contribution in [0.3, 0.4) is 0 Å². The van der Waals surface area contributed by atoms with E-state index in [-0.39, 0.29) is 0 Å². The van der Waals surface area contributed by atoms with Gasteiger partial charge in [0.15, 0.2) is 17.1 Å². The molecule has 8 heteroatoms. The summed E-state index contributed by atoms with van der Waals surface area (Å²) in [4.78, 5) is 20.4. The molecule has 0 radical (unpaired) electrons. The molecule has 3 aromatic rings. The zero-order chi connectivity index (χ0) is 19.6. The van der Waals surface area contributed by atoms with Crippen LogP contribution in [0.1, 0.15) is 12.8 Å². The SMILES string of the molecule is CN1CCOc2cc(-c3cc4nccnc4c(OC[C@H]4CCCNC4)n3)cnc21. The van der Waals surface area contributed by atoms with Gasteiger partial charge in [-0.3, -0.25) is 4.98 Å². The lowest BCUT2D eigenvalue weighted by Gasteiger charge is -2.26. The summed E-state index contributed by atoms with van der Waals surface area (Å²) in [5.74, 6) is 2.62. The number of pyridine rings is 2. The van der Waals surface area contributed by atoms with Crippen LogP contribution in [0.15, 0.2) is 30.7 Å². The van der Waals surface area contributed by atoms with Crippen LogP contribution < -0.4 is 19.7 Å². The van der Waals surface area contributed by atoms with Gasteiger partial charge in [-0.25, -0.2) is 15.0 Å². The van der Waals surface area contributed by atoms with Gasteiger partial charge in [0.05, 0.1) is 24.4 Å². The Morgan fingerprint density at radius 2 is 2.17 bits per heavy atom. The molecular weight excluding hydrogens is 368 g/mol. The highest BCUT2D eigenvalue weighted by Crippen LogP contribution is 2.34. The molecule has 0 amide bonds. The number of likely N-dealkylation sites (N-methyl/N-ethyl adjacent to an activating group) is 1. The largest absolute Gasteiger partial charge is 0.488 e. The second kappa shape index (κ2) is 7.79. The van der Waals surface area contributed by atoms with Crippen molar-refractivity contribution in [2.24, 2.45) is 5.92 Å². The van der Waals surface area contributed by atoms with Crippen LogP contribution in [0.4, 0.5) is 5.82 Å². The molecular formula is C21H24N6O2. The van der Waals surface area contributed by atoms with Crippen molar-refractivity contribution in [2.75, 3.05) is 44.8 Å². The van der Waals surface area contributed by atoms with Crippen LogP contribution in [-0.2, 0) is 0 Å². The van der Waals surface area contributed by atoms with Crippen LogP contribution in [0.2, 0.25) is 0 Å². The number of piperidine rings is 1. The zero-order valence-electron chi connectivity index (χ0n) is 16.5. The Morgan fingerprint density at radius 1 is 1.24 bits per heavy atom. The molecule has 2 aliphatic rings. The molecule has 150 valence electrons. The van der Waals surface area contributed by atoms with Crippen molar-refractivity contribution >= 4 is 16.9 Å². The highest BCUT2D eigenvalue weighted by Gasteiger charge is 2.20. The van der Waals surface area contributed by atoms with E-state index in [9.17, 15) is 0 Å². The predicted molar refractivity (Wildman–Crippen MR) is 110 cm³/mol. The molecule has 5 rings (SSSR count). The van der Waals surface area contributed by atoms with Gasteiger partial charge in [-0.05, 0) is 31.5 Å². The van der Waals surface area contributed by atoms with Gasteiger partial charge in [0.1, 0.15) is 6.61 Å². The Bertz CT molecular complexity index is 1020. The van der Waals surface area contributed by atoms with Crippen molar-refractivity contribution in [3.63, 3.8) is 0 Å². The maximum Gasteiger partial charge on any atom is 0.242 e. The average Bonchev–Trinajstić information content (AvgIpc) is 2.78. The molecule has 0 aliphatic carbocycles. The molecule has 3 aromatic heterocycles. The maximum absolute atomic E-state index is 6.14. The fourth-order valence-electron chi connectivity index (χ4n) is 3.82. The molecule has 2 aliphatic heterocycles. The summed E-state index contributed by atoms with van der Waals surface area (Å²) in [6.07, 6.45) is 7.52. The molecule has 1 fully saturated rings. The summed E-state index contributed by atoms with van der Waals surface area (Å²) < 4.78 is 11.9. The fourth-order valence-corrected chi connectivity index (χ4v) is 3.82. The minimum Gasteiger partial charge on any atom is -0.488 e. The van der Waals surface area contributed by atoms with E-state index in [0.717, 1.165) is 54.4 Å². The summed E-state index contributed by atoms with van der Waals surface area (Å²) in [6, 6.07) is 3.91. The lowest BCUT2D eigenvalue weighted by Crippen LogP contribution is -2.33. The van der Waals surface area contributed by atoms with Crippen LogP contribution >= 0.6 is 0 Å². The number of rotatable bonds is 4. The van der Waals surface area contributed by atoms with Crippen molar-refractivity contribution in [3.05, 3.63) is 30.7 Å². The molecule has 1 atom stereocenters. The van der Waals surface area contributed by atoms with Gasteiger partial charge < -0.3 is 19.7 Å². The lowest BCUT2D eigenvalue weighted by atomic mass is 10.0. The monoisotopic (exact) mass is 392 g/mol. The topological polar surface area (TPSA) is 85.3 Å². The van der Waals surface area contributed by atoms with E-state index < -0.39 is 0 Å². The van der Waals surface area contributed by atoms with Crippen molar-refractivity contribution in [2.45, 2.75) is 12.8 Å². The molecule has 0 saturated carbocycles. The third-order valence-corrected chi connectivity index (χ3v) is 5.45. The molecule has 0 bridgehead atoms. The fraction of sp³-hybridized carbons (Fsp3) is 0.429. The standard InChI is InChI=1S/C21H24N6O2/c1-27-7-8-28-18-9-15(12-25-20(18)27)16-10-17-19(24-6-5-23-17)21(26-16)29-13-14-3-2-4-22-11-14/h5-6,9-10,12,14,22H,2-4,7-8,11,13H2,1H3/t14-/m0/s1. The van der Waals surface area contributed by atoms with E-state index in [4.69, 9.17) is 14.5 Å². The predicted octanol–water partition coefficient (Wildman–Crippen LogP) is 2.29. The number of anilines is 1. The van der Waals surface area contributed by atoms with Crippen LogP contribution in [0, 0.1) is 5.92 Å². The molecule has 29 heavy (non-hydrogen) atoms. The maximum atomic E-state index is 6.14. The average molecular weight is 392 g/mol. The molecule has 1 N–H and O–H groups in total. The number of fused-ring (bicyclic) bond motifs is 2. The van der Waals surface area contributed by atoms with Gasteiger partial charge in [-0.1, -0.05) is 0 Å². The molecule has 1 saturated heterocycles. The Hall–Kier alpha value is -3.00. The van der Waals surface area contributed by atoms with E-state index in [1.807, 2.05) is 25.4 Å². The van der Waals surface area contributed by atoms with E-state index >= 15 is 0 Å². The molecule has 8 nitrogen and oxygen atoms in total. The highest BCUT2D eigenvalue weighted by atomic mass is 16.5. The minimum absolute atomic E-state index is 0.482. The Labute approximate surface area is 169 Å².